The normalized spacial score (nSPS) is 9.60. The maximum Gasteiger partial charge on any atom is 0.303 e. The standard InChI is InChI=1S/C11H12NO3/c13-10(14)7-4-8-12-11(15)9-5-2-1-3-6-9/h1-3,5H,4,7-8H2,(H,12,15)(H,13,14). The number of carboxylic acid groups (broad SMARTS) is 1. The summed E-state index contributed by atoms with van der Waals surface area (Å²) >= 11 is 0. The van der Waals surface area contributed by atoms with E-state index in [1.54, 1.807) is 24.3 Å². The van der Waals surface area contributed by atoms with Gasteiger partial charge < -0.3 is 10.4 Å². The predicted octanol–water partition coefficient (Wildman–Crippen LogP) is 1.08. The minimum Gasteiger partial charge on any atom is -0.481 e. The predicted molar refractivity (Wildman–Crippen MR) is 54.5 cm³/mol. The third-order valence-corrected chi connectivity index (χ3v) is 1.81. The molecule has 15 heavy (non-hydrogen) atoms. The van der Waals surface area contributed by atoms with Crippen molar-refractivity contribution >= 4 is 11.9 Å². The summed E-state index contributed by atoms with van der Waals surface area (Å²) in [5.41, 5.74) is 0.466. The van der Waals surface area contributed by atoms with Gasteiger partial charge in [0.2, 0.25) is 0 Å². The van der Waals surface area contributed by atoms with Gasteiger partial charge in [-0.05, 0) is 18.6 Å². The van der Waals surface area contributed by atoms with Gasteiger partial charge in [-0.15, -0.1) is 0 Å². The molecule has 2 N–H and O–H groups in total. The Hall–Kier alpha value is -1.84. The number of carbonyl (C=O) groups excluding carboxylic acids is 1. The van der Waals surface area contributed by atoms with Gasteiger partial charge in [-0.2, -0.15) is 0 Å². The number of hydrogen-bond donors (Lipinski definition) is 2. The first-order valence-corrected chi connectivity index (χ1v) is 4.67. The Balaban J connectivity index is 2.28. The highest BCUT2D eigenvalue weighted by molar-refractivity contribution is 5.93. The lowest BCUT2D eigenvalue weighted by Crippen LogP contribution is -2.24. The maximum atomic E-state index is 11.4. The highest BCUT2D eigenvalue weighted by Gasteiger charge is 2.03. The maximum absolute atomic E-state index is 11.4. The van der Waals surface area contributed by atoms with Crippen LogP contribution in [0.3, 0.4) is 0 Å². The van der Waals surface area contributed by atoms with Gasteiger partial charge in [0, 0.05) is 18.5 Å². The highest BCUT2D eigenvalue weighted by atomic mass is 16.4. The van der Waals surface area contributed by atoms with Crippen LogP contribution in [0.2, 0.25) is 0 Å². The Bertz CT molecular complexity index is 335. The molecule has 0 saturated heterocycles. The van der Waals surface area contributed by atoms with Crippen LogP contribution in [-0.2, 0) is 4.79 Å². The molecule has 1 aromatic carbocycles. The van der Waals surface area contributed by atoms with Crippen LogP contribution in [-0.4, -0.2) is 23.5 Å². The summed E-state index contributed by atoms with van der Waals surface area (Å²) < 4.78 is 0. The molecule has 1 radical (unpaired) electrons. The Morgan fingerprint density at radius 2 is 2.20 bits per heavy atom. The molecule has 1 amide bonds. The van der Waals surface area contributed by atoms with Crippen molar-refractivity contribution in [3.8, 4) is 0 Å². The summed E-state index contributed by atoms with van der Waals surface area (Å²) in [5, 5.41) is 11.0. The van der Waals surface area contributed by atoms with Crippen LogP contribution in [0.4, 0.5) is 0 Å². The zero-order valence-electron chi connectivity index (χ0n) is 8.19. The molecule has 0 spiro atoms. The molecule has 0 bridgehead atoms. The number of nitrogens with one attached hydrogen (secondary N) is 1. The summed E-state index contributed by atoms with van der Waals surface area (Å²) in [6.07, 6.45) is 0.507. The van der Waals surface area contributed by atoms with Crippen LogP contribution in [0.1, 0.15) is 23.2 Å². The van der Waals surface area contributed by atoms with Crippen molar-refractivity contribution in [2.45, 2.75) is 12.8 Å². The summed E-state index contributed by atoms with van der Waals surface area (Å²) in [6.45, 7) is 0.369. The van der Waals surface area contributed by atoms with E-state index in [-0.39, 0.29) is 12.3 Å². The van der Waals surface area contributed by atoms with Gasteiger partial charge in [0.1, 0.15) is 0 Å². The molecule has 4 nitrogen and oxygen atoms in total. The van der Waals surface area contributed by atoms with E-state index in [2.05, 4.69) is 11.4 Å². The molecule has 0 heterocycles. The average molecular weight is 206 g/mol. The summed E-state index contributed by atoms with van der Waals surface area (Å²) in [6, 6.07) is 9.64. The lowest BCUT2D eigenvalue weighted by molar-refractivity contribution is -0.137. The molecule has 1 aromatic rings. The SMILES string of the molecule is O=C(O)CCCNC(=O)c1[c]cccc1. The van der Waals surface area contributed by atoms with Crippen LogP contribution in [0.5, 0.6) is 0 Å². The number of amides is 1. The van der Waals surface area contributed by atoms with Crippen LogP contribution in [0.15, 0.2) is 24.3 Å². The smallest absolute Gasteiger partial charge is 0.303 e. The van der Waals surface area contributed by atoms with Crippen molar-refractivity contribution in [2.24, 2.45) is 0 Å². The lowest BCUT2D eigenvalue weighted by atomic mass is 10.2. The van der Waals surface area contributed by atoms with Crippen LogP contribution >= 0.6 is 0 Å². The summed E-state index contributed by atoms with van der Waals surface area (Å²) in [4.78, 5) is 21.6. The van der Waals surface area contributed by atoms with E-state index in [0.29, 0.717) is 18.5 Å². The van der Waals surface area contributed by atoms with Gasteiger partial charge in [0.25, 0.3) is 5.91 Å². The van der Waals surface area contributed by atoms with Crippen molar-refractivity contribution in [2.75, 3.05) is 6.54 Å². The van der Waals surface area contributed by atoms with Crippen molar-refractivity contribution in [1.82, 2.24) is 5.32 Å². The number of rotatable bonds is 5. The number of carboxylic acids is 1. The van der Waals surface area contributed by atoms with E-state index in [1.807, 2.05) is 0 Å². The quantitative estimate of drug-likeness (QED) is 0.708. The first-order valence-electron chi connectivity index (χ1n) is 4.67. The summed E-state index contributed by atoms with van der Waals surface area (Å²) in [7, 11) is 0. The van der Waals surface area contributed by atoms with Gasteiger partial charge >= 0.3 is 5.97 Å². The number of hydrogen-bond acceptors (Lipinski definition) is 2. The Kier molecular flexibility index (Phi) is 4.34. The molecule has 0 aliphatic rings. The molecular formula is C11H12NO3. The minimum absolute atomic E-state index is 0.0682. The van der Waals surface area contributed by atoms with E-state index in [0.717, 1.165) is 0 Å². The van der Waals surface area contributed by atoms with Crippen molar-refractivity contribution in [3.63, 3.8) is 0 Å². The third-order valence-electron chi connectivity index (χ3n) is 1.81. The van der Waals surface area contributed by atoms with Gasteiger partial charge in [-0.3, -0.25) is 9.59 Å². The zero-order valence-corrected chi connectivity index (χ0v) is 8.19. The van der Waals surface area contributed by atoms with E-state index in [9.17, 15) is 9.59 Å². The van der Waals surface area contributed by atoms with Crippen LogP contribution < -0.4 is 5.32 Å². The van der Waals surface area contributed by atoms with Crippen molar-refractivity contribution < 1.29 is 14.7 Å². The van der Waals surface area contributed by atoms with Crippen LogP contribution in [0, 0.1) is 6.07 Å². The molecular weight excluding hydrogens is 194 g/mol. The van der Waals surface area contributed by atoms with Crippen LogP contribution in [0.25, 0.3) is 0 Å². The van der Waals surface area contributed by atoms with E-state index in [4.69, 9.17) is 5.11 Å². The average Bonchev–Trinajstić information content (AvgIpc) is 2.25. The summed E-state index contributed by atoms with van der Waals surface area (Å²) in [5.74, 6) is -1.07. The lowest BCUT2D eigenvalue weighted by Gasteiger charge is -2.02. The second-order valence-corrected chi connectivity index (χ2v) is 3.03. The molecule has 4 heteroatoms. The Labute approximate surface area is 87.9 Å². The van der Waals surface area contributed by atoms with Gasteiger partial charge in [0.15, 0.2) is 0 Å². The molecule has 0 aliphatic carbocycles. The van der Waals surface area contributed by atoms with Crippen molar-refractivity contribution in [1.29, 1.82) is 0 Å². The van der Waals surface area contributed by atoms with Gasteiger partial charge in [-0.25, -0.2) is 0 Å². The monoisotopic (exact) mass is 206 g/mol. The minimum atomic E-state index is -0.851. The van der Waals surface area contributed by atoms with E-state index < -0.39 is 5.97 Å². The van der Waals surface area contributed by atoms with E-state index in [1.165, 1.54) is 0 Å². The number of carbonyl (C=O) groups is 2. The second-order valence-electron chi connectivity index (χ2n) is 3.03. The topological polar surface area (TPSA) is 66.4 Å². The van der Waals surface area contributed by atoms with Gasteiger partial charge in [0.05, 0.1) is 0 Å². The number of aliphatic carboxylic acids is 1. The molecule has 0 saturated carbocycles. The largest absolute Gasteiger partial charge is 0.481 e. The Morgan fingerprint density at radius 3 is 2.80 bits per heavy atom. The van der Waals surface area contributed by atoms with Gasteiger partial charge in [-0.1, -0.05) is 18.2 Å². The first kappa shape index (κ1) is 11.2. The fraction of sp³-hybridized carbons (Fsp3) is 0.273. The van der Waals surface area contributed by atoms with E-state index >= 15 is 0 Å². The molecule has 79 valence electrons. The molecule has 1 rings (SSSR count). The molecule has 0 fully saturated rings. The third kappa shape index (κ3) is 4.26. The zero-order chi connectivity index (χ0) is 11.1. The molecule has 0 atom stereocenters. The fourth-order valence-corrected chi connectivity index (χ4v) is 1.07. The number of benzene rings is 1. The second kappa shape index (κ2) is 5.80. The molecule has 0 unspecified atom stereocenters. The highest BCUT2D eigenvalue weighted by Crippen LogP contribution is 1.97. The fourth-order valence-electron chi connectivity index (χ4n) is 1.07. The first-order chi connectivity index (χ1) is 7.20. The Morgan fingerprint density at radius 1 is 1.40 bits per heavy atom. The molecule has 0 aliphatic heterocycles. The van der Waals surface area contributed by atoms with Crippen molar-refractivity contribution in [3.05, 3.63) is 35.9 Å². The molecule has 0 aromatic heterocycles.